The summed E-state index contributed by atoms with van der Waals surface area (Å²) < 4.78 is 41.4. The van der Waals surface area contributed by atoms with Gasteiger partial charge >= 0.3 is 6.18 Å². The summed E-state index contributed by atoms with van der Waals surface area (Å²) in [7, 11) is 7.21. The van der Waals surface area contributed by atoms with Crippen LogP contribution in [0.2, 0.25) is 5.02 Å². The molecule has 11 amide bonds. The van der Waals surface area contributed by atoms with Gasteiger partial charge in [-0.25, -0.2) is 0 Å². The van der Waals surface area contributed by atoms with Crippen molar-refractivity contribution in [2.75, 3.05) is 68.0 Å². The van der Waals surface area contributed by atoms with Crippen LogP contribution in [-0.2, 0) is 65.3 Å². The van der Waals surface area contributed by atoms with Gasteiger partial charge in [-0.15, -0.1) is 0 Å². The van der Waals surface area contributed by atoms with E-state index in [0.29, 0.717) is 31.2 Å². The van der Waals surface area contributed by atoms with Crippen molar-refractivity contribution in [2.45, 2.75) is 225 Å². The van der Waals surface area contributed by atoms with E-state index in [1.54, 1.807) is 27.7 Å². The first-order valence-electron chi connectivity index (χ1n) is 33.5. The maximum absolute atomic E-state index is 15.0. The van der Waals surface area contributed by atoms with Crippen molar-refractivity contribution >= 4 is 76.6 Å². The molecule has 1 spiro atoms. The van der Waals surface area contributed by atoms with Gasteiger partial charge < -0.3 is 55.6 Å². The highest BCUT2D eigenvalue weighted by atomic mass is 35.5. The Hall–Kier alpha value is -6.53. The van der Waals surface area contributed by atoms with Gasteiger partial charge in [-0.2, -0.15) is 13.2 Å². The Morgan fingerprint density at radius 3 is 1.87 bits per heavy atom. The summed E-state index contributed by atoms with van der Waals surface area (Å²) in [5, 5.41) is 11.1. The molecule has 0 aromatic heterocycles. The third-order valence-electron chi connectivity index (χ3n) is 19.1. The zero-order valence-corrected chi connectivity index (χ0v) is 58.1. The lowest BCUT2D eigenvalue weighted by molar-refractivity contribution is -0.150. The third-order valence-corrected chi connectivity index (χ3v) is 19.4. The van der Waals surface area contributed by atoms with E-state index in [1.807, 2.05) is 34.6 Å². The van der Waals surface area contributed by atoms with E-state index < -0.39 is 161 Å². The number of likely N-dealkylation sites (N-methyl/N-ethyl adjacent to an activating group) is 5. The first-order chi connectivity index (χ1) is 43.5. The molecule has 522 valence electrons. The van der Waals surface area contributed by atoms with Crippen molar-refractivity contribution in [1.29, 1.82) is 0 Å². The summed E-state index contributed by atoms with van der Waals surface area (Å²) in [5.41, 5.74) is -2.25. The quantitative estimate of drug-likeness (QED) is 0.183. The van der Waals surface area contributed by atoms with E-state index in [4.69, 9.17) is 11.6 Å². The highest BCUT2D eigenvalue weighted by Crippen LogP contribution is 2.37. The van der Waals surface area contributed by atoms with E-state index in [0.717, 1.165) is 49.1 Å². The van der Waals surface area contributed by atoms with Crippen LogP contribution in [0.25, 0.3) is 0 Å². The predicted molar refractivity (Wildman–Crippen MR) is 346 cm³/mol. The van der Waals surface area contributed by atoms with Crippen LogP contribution in [0.1, 0.15) is 176 Å². The second kappa shape index (κ2) is 34.2. The summed E-state index contributed by atoms with van der Waals surface area (Å²) in [6.07, 6.45) is 2.05. The number of alkyl halides is 3. The standard InChI is InChI=1S/C67H105ClF3N11O11/c1-15-43(8)57-64(92)81(36-41(4)5)39-55(85)76(10)38-56(86)79(13)52(35-45-22-17-16-18-23-45)63(91)77(11)37-53(83)73-49(28-26-46-25-27-47(48(68)34-46)67(69,70)71)62(90)82-31-21-24-50(82)60(88)75-66(29-19-20-30-66)65(93)80(14)58(42(6)7)61(89)72-44(9)33-54(84)78(12)51(32-40(2)3)59(87)74-57/h25,27,34,40-45,49-52,57-58H,15-24,26,28-33,35-39H2,1-14H3,(H,72,89)(H,73,83)(H,74,87)(H,75,88)/t43-,44+,49-,50-,51-,52-,57-,58-/m0/s1. The number of carbonyl (C=O) groups excluding carboxylic acids is 11. The monoisotopic (exact) mass is 1330 g/mol. The first-order valence-corrected chi connectivity index (χ1v) is 33.8. The SMILES string of the molecule is CC[C@H](C)[C@@H]1NC(=O)[C@H](CC(C)C)N(C)C(=O)C[C@@H](C)NC(=O)[C@H](C(C)C)N(C)C(=O)C2(CCCC2)NC(=O)[C@@H]2CCCN2C(=O)[C@H](CCc2ccc(C(F)(F)F)c(Cl)c2)NC(=O)CN(C)C(=O)[C@H](CC2CCCCC2)N(C)C(=O)CN(C)C(=O)CN(CC(C)C)C1=O. The number of hydrogen-bond acceptors (Lipinski definition) is 11. The molecule has 5 rings (SSSR count). The predicted octanol–water partition coefficient (Wildman–Crippen LogP) is 6.19. The van der Waals surface area contributed by atoms with Crippen LogP contribution >= 0.6 is 11.6 Å². The Kier molecular flexibility index (Phi) is 28.4. The van der Waals surface area contributed by atoms with Crippen LogP contribution in [0.4, 0.5) is 13.2 Å². The Balaban J connectivity index is 1.57. The second-order valence-corrected chi connectivity index (χ2v) is 28.4. The molecular formula is C67H105ClF3N11O11. The summed E-state index contributed by atoms with van der Waals surface area (Å²) in [6.45, 7) is 14.9. The average Bonchev–Trinajstić information content (AvgIpc) is 1.74. The van der Waals surface area contributed by atoms with Crippen LogP contribution in [0.5, 0.6) is 0 Å². The molecule has 4 N–H and O–H groups in total. The third kappa shape index (κ3) is 20.7. The number of halogens is 4. The number of benzene rings is 1. The summed E-state index contributed by atoms with van der Waals surface area (Å²) in [5.74, 6) is -7.87. The van der Waals surface area contributed by atoms with E-state index in [9.17, 15) is 56.3 Å². The summed E-state index contributed by atoms with van der Waals surface area (Å²) >= 11 is 6.12. The molecule has 8 atom stereocenters. The molecule has 1 aromatic rings. The molecule has 2 saturated carbocycles. The van der Waals surface area contributed by atoms with Gasteiger partial charge in [-0.05, 0) is 106 Å². The maximum atomic E-state index is 15.0. The van der Waals surface area contributed by atoms with E-state index in [2.05, 4.69) is 21.3 Å². The second-order valence-electron chi connectivity index (χ2n) is 28.0. The minimum Gasteiger partial charge on any atom is -0.351 e. The van der Waals surface area contributed by atoms with Crippen LogP contribution in [-0.4, -0.2) is 215 Å². The first kappa shape index (κ1) is 77.2. The zero-order chi connectivity index (χ0) is 69.6. The molecule has 4 aliphatic rings. The van der Waals surface area contributed by atoms with Gasteiger partial charge in [-0.1, -0.05) is 124 Å². The fourth-order valence-corrected chi connectivity index (χ4v) is 13.9. The van der Waals surface area contributed by atoms with Crippen LogP contribution in [0.15, 0.2) is 18.2 Å². The highest BCUT2D eigenvalue weighted by Gasteiger charge is 2.50. The van der Waals surface area contributed by atoms with Gasteiger partial charge in [0.2, 0.25) is 65.0 Å². The lowest BCUT2D eigenvalue weighted by Crippen LogP contribution is -2.64. The van der Waals surface area contributed by atoms with Crippen molar-refractivity contribution in [3.8, 4) is 0 Å². The zero-order valence-electron chi connectivity index (χ0n) is 57.3. The molecular weight excluding hydrogens is 1230 g/mol. The van der Waals surface area contributed by atoms with Crippen molar-refractivity contribution in [1.82, 2.24) is 55.6 Å². The van der Waals surface area contributed by atoms with Crippen molar-refractivity contribution in [3.63, 3.8) is 0 Å². The largest absolute Gasteiger partial charge is 0.417 e. The minimum atomic E-state index is -4.75. The number of fused-ring (bicyclic) bond motifs is 1. The van der Waals surface area contributed by atoms with Gasteiger partial charge in [0.15, 0.2) is 0 Å². The molecule has 0 unspecified atom stereocenters. The van der Waals surface area contributed by atoms with E-state index in [1.165, 1.54) is 70.7 Å². The summed E-state index contributed by atoms with van der Waals surface area (Å²) in [4.78, 5) is 170. The molecule has 1 aromatic carbocycles. The number of amides is 11. The normalized spacial score (nSPS) is 25.9. The van der Waals surface area contributed by atoms with Gasteiger partial charge in [0.05, 0.1) is 30.2 Å². The molecule has 2 saturated heterocycles. The molecule has 0 bridgehead atoms. The smallest absolute Gasteiger partial charge is 0.351 e. The maximum Gasteiger partial charge on any atom is 0.417 e. The number of carbonyl (C=O) groups is 11. The van der Waals surface area contributed by atoms with Crippen molar-refractivity contribution < 1.29 is 65.9 Å². The van der Waals surface area contributed by atoms with Crippen molar-refractivity contribution in [2.24, 2.45) is 29.6 Å². The van der Waals surface area contributed by atoms with Gasteiger partial charge in [0.25, 0.3) is 0 Å². The summed E-state index contributed by atoms with van der Waals surface area (Å²) in [6, 6.07) is -4.60. The topological polar surface area (TPSA) is 259 Å². The minimum absolute atomic E-state index is 0.0301. The molecule has 2 aliphatic carbocycles. The molecule has 4 fully saturated rings. The van der Waals surface area contributed by atoms with E-state index >= 15 is 9.59 Å². The lowest BCUT2D eigenvalue weighted by atomic mass is 9.84. The molecule has 22 nitrogen and oxygen atoms in total. The Bertz CT molecular complexity index is 2830. The van der Waals surface area contributed by atoms with Gasteiger partial charge in [0, 0.05) is 60.8 Å². The van der Waals surface area contributed by atoms with Gasteiger partial charge in [-0.3, -0.25) is 52.7 Å². The van der Waals surface area contributed by atoms with Crippen molar-refractivity contribution in [3.05, 3.63) is 34.3 Å². The number of hydrogen-bond donors (Lipinski definition) is 4. The van der Waals surface area contributed by atoms with Crippen LogP contribution < -0.4 is 21.3 Å². The number of nitrogens with zero attached hydrogens (tertiary/aromatic N) is 7. The van der Waals surface area contributed by atoms with Gasteiger partial charge in [0.1, 0.15) is 41.8 Å². The Morgan fingerprint density at radius 1 is 0.656 bits per heavy atom. The molecule has 93 heavy (non-hydrogen) atoms. The number of nitrogens with one attached hydrogen (secondary N) is 4. The number of rotatable bonds is 12. The van der Waals surface area contributed by atoms with Crippen LogP contribution in [0.3, 0.4) is 0 Å². The average molecular weight is 1330 g/mol. The fourth-order valence-electron chi connectivity index (χ4n) is 13.6. The Morgan fingerprint density at radius 2 is 1.29 bits per heavy atom. The highest BCUT2D eigenvalue weighted by molar-refractivity contribution is 6.31. The molecule has 26 heteroatoms. The van der Waals surface area contributed by atoms with E-state index in [-0.39, 0.29) is 82.2 Å². The van der Waals surface area contributed by atoms with Crippen LogP contribution in [0, 0.1) is 29.6 Å². The lowest BCUT2D eigenvalue weighted by Gasteiger charge is -2.39. The molecule has 2 heterocycles. The number of aryl methyl sites for hydroxylation is 1. The molecule has 0 radical (unpaired) electrons. The molecule has 2 aliphatic heterocycles. The fraction of sp³-hybridized carbons (Fsp3) is 0.746. The Labute approximate surface area is 553 Å².